The van der Waals surface area contributed by atoms with Gasteiger partial charge in [-0.3, -0.25) is 4.79 Å². The van der Waals surface area contributed by atoms with Crippen molar-refractivity contribution in [1.29, 1.82) is 0 Å². The monoisotopic (exact) mass is 352 g/mol. The number of amides is 1. The zero-order valence-electron chi connectivity index (χ0n) is 14.4. The summed E-state index contributed by atoms with van der Waals surface area (Å²) in [4.78, 5) is 26.1. The van der Waals surface area contributed by atoms with Crippen LogP contribution in [0.3, 0.4) is 0 Å². The summed E-state index contributed by atoms with van der Waals surface area (Å²) >= 11 is 0. The summed E-state index contributed by atoms with van der Waals surface area (Å²) in [6.45, 7) is 3.32. The molecular weight excluding hydrogens is 332 g/mol. The van der Waals surface area contributed by atoms with Crippen LogP contribution >= 0.6 is 0 Å². The predicted octanol–water partition coefficient (Wildman–Crippen LogP) is 1.60. The first-order chi connectivity index (χ1) is 12.8. The second-order valence-electron chi connectivity index (χ2n) is 7.00. The maximum Gasteiger partial charge on any atom is 0.257 e. The highest BCUT2D eigenvalue weighted by Gasteiger charge is 2.41. The van der Waals surface area contributed by atoms with E-state index in [1.165, 1.54) is 0 Å². The van der Waals surface area contributed by atoms with Crippen LogP contribution in [0.2, 0.25) is 0 Å². The van der Waals surface area contributed by atoms with Crippen molar-refractivity contribution in [1.82, 2.24) is 14.9 Å². The quantitative estimate of drug-likeness (QED) is 0.818. The van der Waals surface area contributed by atoms with Crippen LogP contribution in [0, 0.1) is 5.92 Å². The summed E-state index contributed by atoms with van der Waals surface area (Å²) in [6, 6.07) is 7.60. The molecule has 1 aromatic carbocycles. The molecule has 2 aromatic rings. The Labute approximate surface area is 151 Å². The van der Waals surface area contributed by atoms with Crippen molar-refractivity contribution in [2.75, 3.05) is 37.7 Å². The van der Waals surface area contributed by atoms with Crippen molar-refractivity contribution >= 4 is 11.9 Å². The number of nitrogens with zero attached hydrogens (tertiary/aromatic N) is 4. The summed E-state index contributed by atoms with van der Waals surface area (Å²) in [5.41, 5.74) is 0.589. The molecule has 0 aliphatic carbocycles. The molecule has 3 aliphatic rings. The third kappa shape index (κ3) is 2.55. The molecule has 2 atom stereocenters. The van der Waals surface area contributed by atoms with E-state index in [0.717, 1.165) is 25.5 Å². The van der Waals surface area contributed by atoms with E-state index < -0.39 is 0 Å². The van der Waals surface area contributed by atoms with E-state index in [0.29, 0.717) is 42.7 Å². The molecule has 7 nitrogen and oxygen atoms in total. The lowest BCUT2D eigenvalue weighted by Crippen LogP contribution is -2.45. The minimum Gasteiger partial charge on any atom is -0.486 e. The number of hydrogen-bond donors (Lipinski definition) is 0. The number of ether oxygens (including phenoxy) is 2. The van der Waals surface area contributed by atoms with Crippen LogP contribution in [0.25, 0.3) is 0 Å². The van der Waals surface area contributed by atoms with Gasteiger partial charge >= 0.3 is 0 Å². The predicted molar refractivity (Wildman–Crippen MR) is 94.6 cm³/mol. The number of aromatic nitrogens is 2. The molecule has 134 valence electrons. The number of piperidine rings is 1. The molecule has 26 heavy (non-hydrogen) atoms. The zero-order valence-corrected chi connectivity index (χ0v) is 14.4. The Bertz CT molecular complexity index is 829. The van der Waals surface area contributed by atoms with Gasteiger partial charge in [0.05, 0.1) is 5.56 Å². The molecule has 5 rings (SSSR count). The molecular formula is C19H20N4O3. The fourth-order valence-corrected chi connectivity index (χ4v) is 4.22. The number of benzene rings is 1. The van der Waals surface area contributed by atoms with Crippen LogP contribution in [0.5, 0.6) is 11.5 Å². The van der Waals surface area contributed by atoms with Crippen molar-refractivity contribution in [2.24, 2.45) is 5.92 Å². The number of rotatable bonds is 2. The lowest BCUT2D eigenvalue weighted by Gasteiger charge is -2.33. The summed E-state index contributed by atoms with van der Waals surface area (Å²) in [5, 5.41) is 0. The molecule has 1 amide bonds. The van der Waals surface area contributed by atoms with Crippen molar-refractivity contribution < 1.29 is 14.3 Å². The highest BCUT2D eigenvalue weighted by atomic mass is 16.6. The third-order valence-corrected chi connectivity index (χ3v) is 5.30. The van der Waals surface area contributed by atoms with Gasteiger partial charge < -0.3 is 19.3 Å². The van der Waals surface area contributed by atoms with E-state index >= 15 is 0 Å². The van der Waals surface area contributed by atoms with Crippen LogP contribution in [0.4, 0.5) is 5.95 Å². The lowest BCUT2D eigenvalue weighted by molar-refractivity contribution is 0.0684. The van der Waals surface area contributed by atoms with E-state index in [9.17, 15) is 4.79 Å². The Morgan fingerprint density at radius 2 is 1.88 bits per heavy atom. The number of anilines is 1. The van der Waals surface area contributed by atoms with Crippen molar-refractivity contribution in [3.8, 4) is 11.5 Å². The van der Waals surface area contributed by atoms with Gasteiger partial charge in [-0.15, -0.1) is 0 Å². The van der Waals surface area contributed by atoms with Gasteiger partial charge in [0.1, 0.15) is 13.2 Å². The molecule has 3 aliphatic heterocycles. The SMILES string of the molecule is O=C(c1cccc2c1OCCO2)N1CC2CC(C1)N(c1ncccn1)C2. The Hall–Kier alpha value is -2.83. The zero-order chi connectivity index (χ0) is 17.5. The Kier molecular flexibility index (Phi) is 3.65. The Morgan fingerprint density at radius 1 is 1.04 bits per heavy atom. The molecule has 0 N–H and O–H groups in total. The standard InChI is InChI=1S/C19H20N4O3/c24-18(15-3-1-4-16-17(15)26-8-7-25-16)22-10-13-9-14(12-22)23(11-13)19-20-5-2-6-21-19/h1-6,13-14H,7-12H2. The van der Waals surface area contributed by atoms with Gasteiger partial charge in [0, 0.05) is 38.1 Å². The summed E-state index contributed by atoms with van der Waals surface area (Å²) < 4.78 is 11.3. The highest BCUT2D eigenvalue weighted by Crippen LogP contribution is 2.37. The molecule has 0 spiro atoms. The minimum absolute atomic E-state index is 0.0119. The lowest BCUT2D eigenvalue weighted by atomic mass is 9.99. The largest absolute Gasteiger partial charge is 0.486 e. The smallest absolute Gasteiger partial charge is 0.257 e. The molecule has 0 saturated carbocycles. The average Bonchev–Trinajstić information content (AvgIpc) is 3.01. The van der Waals surface area contributed by atoms with Crippen molar-refractivity contribution in [2.45, 2.75) is 12.5 Å². The van der Waals surface area contributed by atoms with Gasteiger partial charge in [-0.05, 0) is 30.5 Å². The average molecular weight is 352 g/mol. The van der Waals surface area contributed by atoms with Crippen LogP contribution in [-0.4, -0.2) is 59.7 Å². The fourth-order valence-electron chi connectivity index (χ4n) is 4.22. The van der Waals surface area contributed by atoms with Crippen LogP contribution in [0.1, 0.15) is 16.8 Å². The number of carbonyl (C=O) groups excluding carboxylic acids is 1. The van der Waals surface area contributed by atoms with E-state index in [1.807, 2.05) is 29.2 Å². The van der Waals surface area contributed by atoms with E-state index in [4.69, 9.17) is 9.47 Å². The third-order valence-electron chi connectivity index (χ3n) is 5.30. The van der Waals surface area contributed by atoms with Gasteiger partial charge in [-0.25, -0.2) is 9.97 Å². The first-order valence-electron chi connectivity index (χ1n) is 9.01. The van der Waals surface area contributed by atoms with E-state index in [1.54, 1.807) is 12.4 Å². The number of para-hydroxylation sites is 1. The maximum absolute atomic E-state index is 13.2. The molecule has 7 heteroatoms. The molecule has 2 saturated heterocycles. The Morgan fingerprint density at radius 3 is 2.77 bits per heavy atom. The van der Waals surface area contributed by atoms with Crippen LogP contribution < -0.4 is 14.4 Å². The highest BCUT2D eigenvalue weighted by molar-refractivity contribution is 5.98. The first-order valence-corrected chi connectivity index (χ1v) is 9.01. The molecule has 2 fully saturated rings. The number of fused-ring (bicyclic) bond motifs is 3. The Balaban J connectivity index is 1.39. The van der Waals surface area contributed by atoms with Crippen LogP contribution in [0.15, 0.2) is 36.7 Å². The van der Waals surface area contributed by atoms with Gasteiger partial charge in [0.2, 0.25) is 5.95 Å². The number of likely N-dealkylation sites (tertiary alicyclic amines) is 1. The molecule has 2 bridgehead atoms. The van der Waals surface area contributed by atoms with Gasteiger partial charge in [-0.2, -0.15) is 0 Å². The summed E-state index contributed by atoms with van der Waals surface area (Å²) in [7, 11) is 0. The second kappa shape index (κ2) is 6.16. The molecule has 0 radical (unpaired) electrons. The normalized spacial score (nSPS) is 23.8. The van der Waals surface area contributed by atoms with E-state index in [-0.39, 0.29) is 11.9 Å². The molecule has 2 unspecified atom stereocenters. The fraction of sp³-hybridized carbons (Fsp3) is 0.421. The van der Waals surface area contributed by atoms with Crippen molar-refractivity contribution in [3.63, 3.8) is 0 Å². The van der Waals surface area contributed by atoms with Crippen LogP contribution in [-0.2, 0) is 0 Å². The molecule has 4 heterocycles. The summed E-state index contributed by atoms with van der Waals surface area (Å²) in [6.07, 6.45) is 4.61. The summed E-state index contributed by atoms with van der Waals surface area (Å²) in [5.74, 6) is 2.44. The maximum atomic E-state index is 13.2. The van der Waals surface area contributed by atoms with Gasteiger partial charge in [0.25, 0.3) is 5.91 Å². The number of hydrogen-bond acceptors (Lipinski definition) is 6. The first kappa shape index (κ1) is 15.4. The topological polar surface area (TPSA) is 67.8 Å². The van der Waals surface area contributed by atoms with Crippen molar-refractivity contribution in [3.05, 3.63) is 42.2 Å². The minimum atomic E-state index is 0.0119. The van der Waals surface area contributed by atoms with E-state index in [2.05, 4.69) is 14.9 Å². The second-order valence-corrected chi connectivity index (χ2v) is 7.00. The molecule has 1 aromatic heterocycles. The number of carbonyl (C=O) groups is 1. The van der Waals surface area contributed by atoms with Gasteiger partial charge in [0.15, 0.2) is 11.5 Å². The van der Waals surface area contributed by atoms with Gasteiger partial charge in [-0.1, -0.05) is 6.07 Å².